The Labute approximate surface area is 162 Å². The van der Waals surface area contributed by atoms with Crippen LogP contribution in [0.15, 0.2) is 78.9 Å². The Hall–Kier alpha value is -3.42. The number of anilines is 2. The first kappa shape index (κ1) is 17.0. The van der Waals surface area contributed by atoms with E-state index in [-0.39, 0.29) is 0 Å². The van der Waals surface area contributed by atoms with E-state index >= 15 is 0 Å². The summed E-state index contributed by atoms with van der Waals surface area (Å²) in [5.74, 6) is 0. The van der Waals surface area contributed by atoms with Gasteiger partial charge in [0, 0.05) is 18.4 Å². The van der Waals surface area contributed by atoms with Gasteiger partial charge >= 0.3 is 0 Å². The molecule has 0 fully saturated rings. The minimum atomic E-state index is 0.584. The van der Waals surface area contributed by atoms with Gasteiger partial charge in [0.05, 0.1) is 15.8 Å². The highest BCUT2D eigenvalue weighted by molar-refractivity contribution is 7.19. The molecule has 130 valence electrons. The second-order valence-electron chi connectivity index (χ2n) is 6.14. The molecule has 0 saturated carbocycles. The molecule has 4 rings (SSSR count). The van der Waals surface area contributed by atoms with Crippen molar-refractivity contribution in [3.05, 3.63) is 89.4 Å². The third kappa shape index (κ3) is 3.59. The van der Waals surface area contributed by atoms with Crippen LogP contribution < -0.4 is 4.90 Å². The molecule has 4 heteroatoms. The van der Waals surface area contributed by atoms with Crippen LogP contribution in [0.1, 0.15) is 10.6 Å². The zero-order chi connectivity index (χ0) is 18.6. The highest BCUT2D eigenvalue weighted by atomic mass is 32.1. The lowest BCUT2D eigenvalue weighted by atomic mass is 10.1. The third-order valence-electron chi connectivity index (χ3n) is 4.38. The van der Waals surface area contributed by atoms with E-state index in [0.29, 0.717) is 5.57 Å². The summed E-state index contributed by atoms with van der Waals surface area (Å²) >= 11 is 1.54. The standard InChI is InChI=1S/C23H17N3S/c1-26(19-7-3-2-4-8-19)20-13-11-17(12-14-20)15-18(16-24)23-25-21-9-5-6-10-22(21)27-23/h2-15H,1H3/b18-15-. The summed E-state index contributed by atoms with van der Waals surface area (Å²) in [6.45, 7) is 0. The summed E-state index contributed by atoms with van der Waals surface area (Å²) in [5, 5.41) is 10.4. The first-order valence-electron chi connectivity index (χ1n) is 8.61. The fourth-order valence-electron chi connectivity index (χ4n) is 2.89. The van der Waals surface area contributed by atoms with Crippen LogP contribution in [0.4, 0.5) is 11.4 Å². The molecule has 3 nitrogen and oxygen atoms in total. The van der Waals surface area contributed by atoms with Gasteiger partial charge in [0.25, 0.3) is 0 Å². The molecule has 27 heavy (non-hydrogen) atoms. The smallest absolute Gasteiger partial charge is 0.135 e. The number of nitrogens with zero attached hydrogens (tertiary/aromatic N) is 3. The quantitative estimate of drug-likeness (QED) is 0.407. The molecule has 0 aliphatic heterocycles. The highest BCUT2D eigenvalue weighted by Crippen LogP contribution is 2.29. The zero-order valence-corrected chi connectivity index (χ0v) is 15.6. The predicted molar refractivity (Wildman–Crippen MR) is 114 cm³/mol. The van der Waals surface area contributed by atoms with E-state index in [0.717, 1.165) is 32.2 Å². The molecule has 0 aliphatic carbocycles. The lowest BCUT2D eigenvalue weighted by molar-refractivity contribution is 1.21. The van der Waals surface area contributed by atoms with Crippen LogP contribution in [0.3, 0.4) is 0 Å². The number of nitriles is 1. The van der Waals surface area contributed by atoms with E-state index in [2.05, 4.69) is 40.2 Å². The largest absolute Gasteiger partial charge is 0.345 e. The van der Waals surface area contributed by atoms with Gasteiger partial charge in [-0.25, -0.2) is 4.98 Å². The van der Waals surface area contributed by atoms with Crippen molar-refractivity contribution in [2.24, 2.45) is 0 Å². The predicted octanol–water partition coefficient (Wildman–Crippen LogP) is 6.13. The lowest BCUT2D eigenvalue weighted by Gasteiger charge is -2.19. The summed E-state index contributed by atoms with van der Waals surface area (Å²) in [7, 11) is 2.04. The van der Waals surface area contributed by atoms with Crippen LogP contribution in [-0.4, -0.2) is 12.0 Å². The number of thiazole rings is 1. The Kier molecular flexibility index (Phi) is 4.69. The van der Waals surface area contributed by atoms with Gasteiger partial charge in [0.2, 0.25) is 0 Å². The average molecular weight is 367 g/mol. The SMILES string of the molecule is CN(c1ccccc1)c1ccc(/C=C(/C#N)c2nc3ccccc3s2)cc1. The molecule has 0 spiro atoms. The summed E-state index contributed by atoms with van der Waals surface area (Å²) < 4.78 is 1.09. The van der Waals surface area contributed by atoms with Crippen molar-refractivity contribution < 1.29 is 0 Å². The van der Waals surface area contributed by atoms with Gasteiger partial charge in [-0.15, -0.1) is 11.3 Å². The first-order chi connectivity index (χ1) is 13.2. The Bertz CT molecular complexity index is 1100. The van der Waals surface area contributed by atoms with E-state index in [1.807, 2.05) is 67.7 Å². The Morgan fingerprint density at radius 3 is 2.30 bits per heavy atom. The number of allylic oxidation sites excluding steroid dienone is 1. The van der Waals surface area contributed by atoms with E-state index in [1.165, 1.54) is 0 Å². The summed E-state index contributed by atoms with van der Waals surface area (Å²) in [4.78, 5) is 6.72. The maximum Gasteiger partial charge on any atom is 0.135 e. The van der Waals surface area contributed by atoms with E-state index < -0.39 is 0 Å². The van der Waals surface area contributed by atoms with E-state index in [9.17, 15) is 5.26 Å². The molecule has 0 atom stereocenters. The van der Waals surface area contributed by atoms with Crippen LogP contribution >= 0.6 is 11.3 Å². The number of hydrogen-bond acceptors (Lipinski definition) is 4. The second-order valence-corrected chi connectivity index (χ2v) is 7.17. The number of fused-ring (bicyclic) bond motifs is 1. The van der Waals surface area contributed by atoms with Crippen LogP contribution in [0.2, 0.25) is 0 Å². The normalized spacial score (nSPS) is 11.3. The van der Waals surface area contributed by atoms with Gasteiger partial charge in [-0.1, -0.05) is 42.5 Å². The number of aromatic nitrogens is 1. The number of benzene rings is 3. The average Bonchev–Trinajstić information content (AvgIpc) is 3.16. The van der Waals surface area contributed by atoms with Crippen LogP contribution in [0.25, 0.3) is 21.9 Å². The molecular weight excluding hydrogens is 350 g/mol. The van der Waals surface area contributed by atoms with E-state index in [4.69, 9.17) is 0 Å². The fraction of sp³-hybridized carbons (Fsp3) is 0.0435. The Morgan fingerprint density at radius 1 is 0.926 bits per heavy atom. The molecule has 4 aromatic rings. The Balaban J connectivity index is 1.62. The van der Waals surface area contributed by atoms with Gasteiger partial charge in [-0.3, -0.25) is 0 Å². The van der Waals surface area contributed by atoms with Crippen molar-refractivity contribution in [1.82, 2.24) is 4.98 Å². The molecule has 0 bridgehead atoms. The molecule has 3 aromatic carbocycles. The molecule has 0 aliphatic rings. The van der Waals surface area contributed by atoms with Crippen molar-refractivity contribution in [3.8, 4) is 6.07 Å². The highest BCUT2D eigenvalue weighted by Gasteiger charge is 2.09. The van der Waals surface area contributed by atoms with Gasteiger partial charge in [-0.05, 0) is 48.0 Å². The fourth-order valence-corrected chi connectivity index (χ4v) is 3.82. The number of rotatable bonds is 4. The third-order valence-corrected chi connectivity index (χ3v) is 5.45. The molecule has 0 unspecified atom stereocenters. The topological polar surface area (TPSA) is 39.9 Å². The summed E-state index contributed by atoms with van der Waals surface area (Å²) in [6.07, 6.45) is 1.89. The van der Waals surface area contributed by atoms with Crippen molar-refractivity contribution in [2.75, 3.05) is 11.9 Å². The van der Waals surface area contributed by atoms with Crippen molar-refractivity contribution in [1.29, 1.82) is 5.26 Å². The van der Waals surface area contributed by atoms with Crippen molar-refractivity contribution in [2.45, 2.75) is 0 Å². The van der Waals surface area contributed by atoms with Crippen LogP contribution in [0, 0.1) is 11.3 Å². The molecule has 0 amide bonds. The molecular formula is C23H17N3S. The van der Waals surface area contributed by atoms with Crippen molar-refractivity contribution >= 4 is 44.6 Å². The van der Waals surface area contributed by atoms with Gasteiger partial charge in [0.15, 0.2) is 0 Å². The first-order valence-corrected chi connectivity index (χ1v) is 9.43. The second kappa shape index (κ2) is 7.45. The molecule has 1 heterocycles. The molecule has 1 aromatic heterocycles. The van der Waals surface area contributed by atoms with Crippen LogP contribution in [-0.2, 0) is 0 Å². The molecule has 0 saturated heterocycles. The van der Waals surface area contributed by atoms with Crippen LogP contribution in [0.5, 0.6) is 0 Å². The monoisotopic (exact) mass is 367 g/mol. The van der Waals surface area contributed by atoms with Gasteiger partial charge in [0.1, 0.15) is 11.1 Å². The van der Waals surface area contributed by atoms with E-state index in [1.54, 1.807) is 11.3 Å². The zero-order valence-electron chi connectivity index (χ0n) is 14.8. The summed E-state index contributed by atoms with van der Waals surface area (Å²) in [5.41, 5.74) is 4.72. The summed E-state index contributed by atoms with van der Waals surface area (Å²) in [6, 6.07) is 28.6. The minimum absolute atomic E-state index is 0.584. The molecule has 0 radical (unpaired) electrons. The van der Waals surface area contributed by atoms with Gasteiger partial charge < -0.3 is 4.90 Å². The Morgan fingerprint density at radius 2 is 1.59 bits per heavy atom. The maximum absolute atomic E-state index is 9.60. The lowest BCUT2D eigenvalue weighted by Crippen LogP contribution is -2.08. The maximum atomic E-state index is 9.60. The number of hydrogen-bond donors (Lipinski definition) is 0. The number of para-hydroxylation sites is 2. The van der Waals surface area contributed by atoms with Crippen molar-refractivity contribution in [3.63, 3.8) is 0 Å². The minimum Gasteiger partial charge on any atom is -0.345 e. The van der Waals surface area contributed by atoms with Gasteiger partial charge in [-0.2, -0.15) is 5.26 Å². The molecule has 0 N–H and O–H groups in total.